The molecule has 1 unspecified atom stereocenters. The zero-order valence-electron chi connectivity index (χ0n) is 11.9. The molecule has 0 heterocycles. The first-order valence-corrected chi connectivity index (χ1v) is 6.26. The fourth-order valence-electron chi connectivity index (χ4n) is 1.79. The second-order valence-corrected chi connectivity index (χ2v) is 4.28. The lowest BCUT2D eigenvalue weighted by atomic mass is 10.1. The first kappa shape index (κ1) is 16.9. The highest BCUT2D eigenvalue weighted by molar-refractivity contribution is 5.95. The van der Waals surface area contributed by atoms with Gasteiger partial charge in [0.2, 0.25) is 0 Å². The molecule has 0 aliphatic carbocycles. The Kier molecular flexibility index (Phi) is 6.57. The maximum atomic E-state index is 12.1. The van der Waals surface area contributed by atoms with Gasteiger partial charge in [-0.1, -0.05) is 0 Å². The van der Waals surface area contributed by atoms with Crippen molar-refractivity contribution in [3.05, 3.63) is 33.9 Å². The molecule has 0 radical (unpaired) electrons. The summed E-state index contributed by atoms with van der Waals surface area (Å²) >= 11 is 0. The zero-order chi connectivity index (χ0) is 15.8. The molecule has 8 heteroatoms. The van der Waals surface area contributed by atoms with Crippen molar-refractivity contribution in [3.8, 4) is 5.75 Å². The zero-order valence-corrected chi connectivity index (χ0v) is 11.9. The van der Waals surface area contributed by atoms with E-state index in [2.05, 4.69) is 5.32 Å². The first-order chi connectivity index (χ1) is 10.0. The molecule has 0 aliphatic rings. The molecule has 8 nitrogen and oxygen atoms in total. The van der Waals surface area contributed by atoms with Crippen LogP contribution in [0.2, 0.25) is 0 Å². The Balaban J connectivity index is 2.89. The van der Waals surface area contributed by atoms with Gasteiger partial charge in [0, 0.05) is 31.4 Å². The fourth-order valence-corrected chi connectivity index (χ4v) is 1.79. The number of hydrogen-bond acceptors (Lipinski definition) is 6. The standard InChI is InChI=1S/C13H18N2O6/c1-20-8-10(5-6-16)14-13(17)9-3-4-11(15(18)19)12(7-9)21-2/h3-4,7,10,16H,5-6,8H2,1-2H3,(H,14,17). The van der Waals surface area contributed by atoms with E-state index in [1.165, 1.54) is 32.4 Å². The molecule has 1 aromatic carbocycles. The van der Waals surface area contributed by atoms with E-state index in [4.69, 9.17) is 14.6 Å². The molecule has 1 amide bonds. The normalized spacial score (nSPS) is 11.8. The fraction of sp³-hybridized carbons (Fsp3) is 0.462. The van der Waals surface area contributed by atoms with Crippen LogP contribution in [0, 0.1) is 10.1 Å². The number of nitro groups is 1. The van der Waals surface area contributed by atoms with E-state index in [1.807, 2.05) is 0 Å². The largest absolute Gasteiger partial charge is 0.490 e. The lowest BCUT2D eigenvalue weighted by molar-refractivity contribution is -0.385. The van der Waals surface area contributed by atoms with Crippen LogP contribution in [0.15, 0.2) is 18.2 Å². The molecule has 0 aromatic heterocycles. The molecular formula is C13H18N2O6. The summed E-state index contributed by atoms with van der Waals surface area (Å²) in [6.45, 7) is 0.175. The summed E-state index contributed by atoms with van der Waals surface area (Å²) in [5, 5.41) is 22.4. The number of nitrogens with zero attached hydrogens (tertiary/aromatic N) is 1. The van der Waals surface area contributed by atoms with Gasteiger partial charge in [0.25, 0.3) is 5.91 Å². The van der Waals surface area contributed by atoms with Gasteiger partial charge in [0.15, 0.2) is 5.75 Å². The van der Waals surface area contributed by atoms with Crippen molar-refractivity contribution >= 4 is 11.6 Å². The summed E-state index contributed by atoms with van der Waals surface area (Å²) in [6, 6.07) is 3.52. The molecule has 116 valence electrons. The minimum absolute atomic E-state index is 0.0121. The van der Waals surface area contributed by atoms with E-state index in [0.717, 1.165) is 0 Å². The number of rotatable bonds is 8. The van der Waals surface area contributed by atoms with Crippen LogP contribution in [0.25, 0.3) is 0 Å². The number of nitrogens with one attached hydrogen (secondary N) is 1. The summed E-state index contributed by atoms with van der Waals surface area (Å²) in [7, 11) is 2.79. The first-order valence-electron chi connectivity index (χ1n) is 6.26. The van der Waals surface area contributed by atoms with Crippen molar-refractivity contribution in [3.63, 3.8) is 0 Å². The minimum atomic E-state index is -0.583. The lowest BCUT2D eigenvalue weighted by Crippen LogP contribution is -2.38. The average Bonchev–Trinajstić information content (AvgIpc) is 2.46. The third-order valence-corrected chi connectivity index (χ3v) is 2.82. The smallest absolute Gasteiger partial charge is 0.310 e. The van der Waals surface area contributed by atoms with Crippen molar-refractivity contribution in [2.45, 2.75) is 12.5 Å². The Labute approximate surface area is 121 Å². The Hall–Kier alpha value is -2.19. The number of amides is 1. The molecule has 2 N–H and O–H groups in total. The molecule has 1 rings (SSSR count). The van der Waals surface area contributed by atoms with E-state index in [-0.39, 0.29) is 36.3 Å². The second kappa shape index (κ2) is 8.18. The maximum absolute atomic E-state index is 12.1. The predicted molar refractivity (Wildman–Crippen MR) is 74.5 cm³/mol. The third-order valence-electron chi connectivity index (χ3n) is 2.82. The number of methoxy groups -OCH3 is 2. The summed E-state index contributed by atoms with van der Waals surface area (Å²) in [5.41, 5.74) is 0.0225. The SMILES string of the molecule is COCC(CCO)NC(=O)c1ccc([N+](=O)[O-])c(OC)c1. The number of nitro benzene ring substituents is 1. The Morgan fingerprint density at radius 3 is 2.71 bits per heavy atom. The monoisotopic (exact) mass is 298 g/mol. The van der Waals surface area contributed by atoms with Crippen LogP contribution < -0.4 is 10.1 Å². The number of hydrogen-bond donors (Lipinski definition) is 2. The Morgan fingerprint density at radius 1 is 1.48 bits per heavy atom. The molecular weight excluding hydrogens is 280 g/mol. The van der Waals surface area contributed by atoms with Crippen LogP contribution in [0.4, 0.5) is 5.69 Å². The van der Waals surface area contributed by atoms with E-state index < -0.39 is 10.8 Å². The second-order valence-electron chi connectivity index (χ2n) is 4.28. The molecule has 0 saturated carbocycles. The molecule has 1 atom stereocenters. The quantitative estimate of drug-likeness (QED) is 0.540. The minimum Gasteiger partial charge on any atom is -0.490 e. The number of carbonyl (C=O) groups excluding carboxylic acids is 1. The molecule has 1 aromatic rings. The summed E-state index contributed by atoms with van der Waals surface area (Å²) in [4.78, 5) is 22.3. The molecule has 0 saturated heterocycles. The van der Waals surface area contributed by atoms with Gasteiger partial charge >= 0.3 is 5.69 Å². The van der Waals surface area contributed by atoms with Gasteiger partial charge in [0.05, 0.1) is 24.7 Å². The summed E-state index contributed by atoms with van der Waals surface area (Å²) in [5.74, 6) is -0.406. The lowest BCUT2D eigenvalue weighted by Gasteiger charge is -2.17. The maximum Gasteiger partial charge on any atom is 0.310 e. The van der Waals surface area contributed by atoms with E-state index >= 15 is 0 Å². The summed E-state index contributed by atoms with van der Waals surface area (Å²) < 4.78 is 9.86. The number of aliphatic hydroxyl groups excluding tert-OH is 1. The van der Waals surface area contributed by atoms with Gasteiger partial charge in [-0.25, -0.2) is 0 Å². The number of aliphatic hydroxyl groups is 1. The van der Waals surface area contributed by atoms with Crippen LogP contribution in [-0.4, -0.2) is 49.4 Å². The van der Waals surface area contributed by atoms with Crippen molar-refractivity contribution < 1.29 is 24.3 Å². The highest BCUT2D eigenvalue weighted by Gasteiger charge is 2.19. The van der Waals surface area contributed by atoms with Gasteiger partial charge in [-0.2, -0.15) is 0 Å². The van der Waals surface area contributed by atoms with Gasteiger partial charge in [0.1, 0.15) is 0 Å². The number of carbonyl (C=O) groups is 1. The van der Waals surface area contributed by atoms with Crippen molar-refractivity contribution in [2.75, 3.05) is 27.4 Å². The molecule has 21 heavy (non-hydrogen) atoms. The summed E-state index contributed by atoms with van der Waals surface area (Å²) in [6.07, 6.45) is 0.351. The van der Waals surface area contributed by atoms with Gasteiger partial charge < -0.3 is 19.9 Å². The number of ether oxygens (including phenoxy) is 2. The van der Waals surface area contributed by atoms with Crippen molar-refractivity contribution in [2.24, 2.45) is 0 Å². The van der Waals surface area contributed by atoms with E-state index in [9.17, 15) is 14.9 Å². The van der Waals surface area contributed by atoms with Gasteiger partial charge in [-0.05, 0) is 12.5 Å². The molecule has 0 bridgehead atoms. The van der Waals surface area contributed by atoms with Crippen LogP contribution in [0.5, 0.6) is 5.75 Å². The van der Waals surface area contributed by atoms with Crippen LogP contribution >= 0.6 is 0 Å². The van der Waals surface area contributed by atoms with Gasteiger partial charge in [-0.3, -0.25) is 14.9 Å². The topological polar surface area (TPSA) is 111 Å². The van der Waals surface area contributed by atoms with E-state index in [0.29, 0.717) is 6.42 Å². The highest BCUT2D eigenvalue weighted by atomic mass is 16.6. The molecule has 0 aliphatic heterocycles. The van der Waals surface area contributed by atoms with Crippen LogP contribution in [0.3, 0.4) is 0 Å². The highest BCUT2D eigenvalue weighted by Crippen LogP contribution is 2.27. The average molecular weight is 298 g/mol. The van der Waals surface area contributed by atoms with Crippen LogP contribution in [0.1, 0.15) is 16.8 Å². The van der Waals surface area contributed by atoms with E-state index in [1.54, 1.807) is 0 Å². The Morgan fingerprint density at radius 2 is 2.19 bits per heavy atom. The van der Waals surface area contributed by atoms with Crippen molar-refractivity contribution in [1.82, 2.24) is 5.32 Å². The molecule has 0 fully saturated rings. The van der Waals surface area contributed by atoms with Crippen LogP contribution in [-0.2, 0) is 4.74 Å². The van der Waals surface area contributed by atoms with Gasteiger partial charge in [-0.15, -0.1) is 0 Å². The molecule has 0 spiro atoms. The predicted octanol–water partition coefficient (Wildman–Crippen LogP) is 0.731. The Bertz CT molecular complexity index is 499. The third kappa shape index (κ3) is 4.69. The van der Waals surface area contributed by atoms with Crippen molar-refractivity contribution in [1.29, 1.82) is 0 Å². The number of benzene rings is 1.